The standard InChI is InChI=1S/C19H19FN2O4S/c1-26-19(25)14-10-13(6-7-15(14)20)21-17(23)12-4-2-8-22(11-12)18(24)16-5-3-9-27-16/h3,5-7,9-10,12H,2,4,8,11H2,1H3,(H,21,23). The van der Waals surface area contributed by atoms with Crippen LogP contribution in [-0.4, -0.2) is 42.9 Å². The Morgan fingerprint density at radius 3 is 2.81 bits per heavy atom. The Kier molecular flexibility index (Phi) is 5.85. The average molecular weight is 390 g/mol. The van der Waals surface area contributed by atoms with E-state index in [1.165, 1.54) is 23.5 Å². The fourth-order valence-electron chi connectivity index (χ4n) is 3.05. The van der Waals surface area contributed by atoms with Crippen LogP contribution >= 0.6 is 11.3 Å². The molecule has 1 aromatic carbocycles. The number of likely N-dealkylation sites (tertiary alicyclic amines) is 1. The maximum atomic E-state index is 13.7. The van der Waals surface area contributed by atoms with Crippen molar-refractivity contribution in [3.63, 3.8) is 0 Å². The Hall–Kier alpha value is -2.74. The molecule has 1 unspecified atom stereocenters. The third-order valence-electron chi connectivity index (χ3n) is 4.45. The summed E-state index contributed by atoms with van der Waals surface area (Å²) in [7, 11) is 1.16. The fourth-order valence-corrected chi connectivity index (χ4v) is 3.74. The number of methoxy groups -OCH3 is 1. The van der Waals surface area contributed by atoms with Gasteiger partial charge in [0.05, 0.1) is 23.5 Å². The molecule has 1 atom stereocenters. The van der Waals surface area contributed by atoms with Crippen LogP contribution in [0.1, 0.15) is 32.9 Å². The molecule has 2 aromatic rings. The number of carbonyl (C=O) groups excluding carboxylic acids is 3. The second-order valence-corrected chi connectivity index (χ2v) is 7.19. The quantitative estimate of drug-likeness (QED) is 0.814. The predicted octanol–water partition coefficient (Wildman–Crippen LogP) is 3.16. The molecule has 1 aromatic heterocycles. The normalized spacial score (nSPS) is 16.7. The van der Waals surface area contributed by atoms with E-state index in [-0.39, 0.29) is 23.3 Å². The molecule has 142 valence electrons. The monoisotopic (exact) mass is 390 g/mol. The molecule has 0 aliphatic carbocycles. The number of piperidine rings is 1. The molecule has 8 heteroatoms. The lowest BCUT2D eigenvalue weighted by Crippen LogP contribution is -2.43. The number of ether oxygens (including phenoxy) is 1. The van der Waals surface area contributed by atoms with Crippen LogP contribution in [-0.2, 0) is 9.53 Å². The van der Waals surface area contributed by atoms with Crippen LogP contribution in [0.3, 0.4) is 0 Å². The van der Waals surface area contributed by atoms with Crippen molar-refractivity contribution >= 4 is 34.8 Å². The molecule has 1 N–H and O–H groups in total. The van der Waals surface area contributed by atoms with E-state index in [1.54, 1.807) is 11.0 Å². The number of halogens is 1. The lowest BCUT2D eigenvalue weighted by molar-refractivity contribution is -0.121. The zero-order chi connectivity index (χ0) is 19.4. The van der Waals surface area contributed by atoms with Crippen molar-refractivity contribution in [2.24, 2.45) is 5.92 Å². The van der Waals surface area contributed by atoms with E-state index in [4.69, 9.17) is 0 Å². The summed E-state index contributed by atoms with van der Waals surface area (Å²) < 4.78 is 18.3. The highest BCUT2D eigenvalue weighted by atomic mass is 32.1. The van der Waals surface area contributed by atoms with Gasteiger partial charge in [0.25, 0.3) is 5.91 Å². The highest BCUT2D eigenvalue weighted by Gasteiger charge is 2.29. The number of hydrogen-bond donors (Lipinski definition) is 1. The van der Waals surface area contributed by atoms with Crippen LogP contribution in [0.4, 0.5) is 10.1 Å². The van der Waals surface area contributed by atoms with E-state index in [1.807, 2.05) is 11.4 Å². The lowest BCUT2D eigenvalue weighted by Gasteiger charge is -2.31. The summed E-state index contributed by atoms with van der Waals surface area (Å²) in [5.41, 5.74) is 0.0666. The van der Waals surface area contributed by atoms with Gasteiger partial charge in [0.2, 0.25) is 5.91 Å². The molecule has 1 saturated heterocycles. The zero-order valence-electron chi connectivity index (χ0n) is 14.7. The first kappa shape index (κ1) is 19.0. The average Bonchev–Trinajstić information content (AvgIpc) is 3.23. The van der Waals surface area contributed by atoms with E-state index < -0.39 is 11.8 Å². The van der Waals surface area contributed by atoms with Gasteiger partial charge in [-0.25, -0.2) is 9.18 Å². The molecular weight excluding hydrogens is 371 g/mol. The third kappa shape index (κ3) is 4.33. The summed E-state index contributed by atoms with van der Waals surface area (Å²) in [6.45, 7) is 0.942. The highest BCUT2D eigenvalue weighted by Crippen LogP contribution is 2.23. The van der Waals surface area contributed by atoms with Crippen molar-refractivity contribution < 1.29 is 23.5 Å². The van der Waals surface area contributed by atoms with Gasteiger partial charge in [-0.2, -0.15) is 0 Å². The van der Waals surface area contributed by atoms with E-state index in [0.717, 1.165) is 19.6 Å². The number of nitrogens with one attached hydrogen (secondary N) is 1. The third-order valence-corrected chi connectivity index (χ3v) is 5.31. The molecule has 2 amide bonds. The molecule has 0 radical (unpaired) electrons. The van der Waals surface area contributed by atoms with Gasteiger partial charge in [0.15, 0.2) is 0 Å². The number of amides is 2. The smallest absolute Gasteiger partial charge is 0.340 e. The first-order valence-corrected chi connectivity index (χ1v) is 9.39. The summed E-state index contributed by atoms with van der Waals surface area (Å²) in [5, 5.41) is 4.55. The predicted molar refractivity (Wildman–Crippen MR) is 99.3 cm³/mol. The summed E-state index contributed by atoms with van der Waals surface area (Å²) in [6, 6.07) is 7.33. The number of thiophene rings is 1. The van der Waals surface area contributed by atoms with E-state index >= 15 is 0 Å². The van der Waals surface area contributed by atoms with Crippen molar-refractivity contribution in [3.05, 3.63) is 52.0 Å². The summed E-state index contributed by atoms with van der Waals surface area (Å²) in [6.07, 6.45) is 1.39. The summed E-state index contributed by atoms with van der Waals surface area (Å²) in [4.78, 5) is 39.0. The molecular formula is C19H19FN2O4S. The number of anilines is 1. The molecule has 6 nitrogen and oxygen atoms in total. The lowest BCUT2D eigenvalue weighted by atomic mass is 9.96. The second-order valence-electron chi connectivity index (χ2n) is 6.24. The molecule has 2 heterocycles. The van der Waals surface area contributed by atoms with Crippen molar-refractivity contribution in [1.82, 2.24) is 4.90 Å². The van der Waals surface area contributed by atoms with Gasteiger partial charge in [-0.1, -0.05) is 6.07 Å². The van der Waals surface area contributed by atoms with Crippen LogP contribution in [0.5, 0.6) is 0 Å². The molecule has 27 heavy (non-hydrogen) atoms. The SMILES string of the molecule is COC(=O)c1cc(NC(=O)C2CCCN(C(=O)c3cccs3)C2)ccc1F. The maximum Gasteiger partial charge on any atom is 0.340 e. The summed E-state index contributed by atoms with van der Waals surface area (Å²) in [5.74, 6) is -2.23. The molecule has 3 rings (SSSR count). The second kappa shape index (κ2) is 8.30. The van der Waals surface area contributed by atoms with Crippen molar-refractivity contribution in [2.75, 3.05) is 25.5 Å². The molecule has 0 bridgehead atoms. The Labute approximate surface area is 159 Å². The van der Waals surface area contributed by atoms with Gasteiger partial charge >= 0.3 is 5.97 Å². The van der Waals surface area contributed by atoms with Gasteiger partial charge < -0.3 is 15.0 Å². The minimum atomic E-state index is -0.811. The maximum absolute atomic E-state index is 13.7. The van der Waals surface area contributed by atoms with Gasteiger partial charge in [-0.05, 0) is 42.5 Å². The fraction of sp³-hybridized carbons (Fsp3) is 0.316. The number of hydrogen-bond acceptors (Lipinski definition) is 5. The first-order valence-electron chi connectivity index (χ1n) is 8.51. The molecule has 0 spiro atoms. The largest absolute Gasteiger partial charge is 0.465 e. The molecule has 1 aliphatic rings. The van der Waals surface area contributed by atoms with Crippen molar-refractivity contribution in [3.8, 4) is 0 Å². The van der Waals surface area contributed by atoms with Crippen molar-refractivity contribution in [1.29, 1.82) is 0 Å². The number of rotatable bonds is 4. The minimum absolute atomic E-state index is 0.0720. The highest BCUT2D eigenvalue weighted by molar-refractivity contribution is 7.12. The first-order chi connectivity index (χ1) is 13.0. The van der Waals surface area contributed by atoms with Crippen molar-refractivity contribution in [2.45, 2.75) is 12.8 Å². The molecule has 1 aliphatic heterocycles. The van der Waals surface area contributed by atoms with Gasteiger partial charge in [-0.3, -0.25) is 9.59 Å². The van der Waals surface area contributed by atoms with E-state index in [9.17, 15) is 18.8 Å². The van der Waals surface area contributed by atoms with E-state index in [0.29, 0.717) is 30.1 Å². The minimum Gasteiger partial charge on any atom is -0.465 e. The Balaban J connectivity index is 1.67. The molecule has 1 fully saturated rings. The van der Waals surface area contributed by atoms with Gasteiger partial charge in [0, 0.05) is 18.8 Å². The number of nitrogens with zero attached hydrogens (tertiary/aromatic N) is 1. The van der Waals surface area contributed by atoms with Crippen LogP contribution in [0.25, 0.3) is 0 Å². The van der Waals surface area contributed by atoms with Gasteiger partial charge in [-0.15, -0.1) is 11.3 Å². The number of esters is 1. The Bertz CT molecular complexity index is 853. The Morgan fingerprint density at radius 2 is 2.11 bits per heavy atom. The number of carbonyl (C=O) groups is 3. The van der Waals surface area contributed by atoms with Crippen LogP contribution in [0.15, 0.2) is 35.7 Å². The van der Waals surface area contributed by atoms with Gasteiger partial charge in [0.1, 0.15) is 5.82 Å². The van der Waals surface area contributed by atoms with Crippen LogP contribution < -0.4 is 5.32 Å². The van der Waals surface area contributed by atoms with Crippen LogP contribution in [0.2, 0.25) is 0 Å². The summed E-state index contributed by atoms with van der Waals surface area (Å²) >= 11 is 1.37. The number of benzene rings is 1. The van der Waals surface area contributed by atoms with Crippen LogP contribution in [0, 0.1) is 11.7 Å². The Morgan fingerprint density at radius 1 is 1.30 bits per heavy atom. The zero-order valence-corrected chi connectivity index (χ0v) is 15.6. The molecule has 0 saturated carbocycles. The topological polar surface area (TPSA) is 75.7 Å². The van der Waals surface area contributed by atoms with E-state index in [2.05, 4.69) is 10.1 Å².